The number of hydrogen-bond acceptors (Lipinski definition) is 4. The zero-order valence-electron chi connectivity index (χ0n) is 18.6. The van der Waals surface area contributed by atoms with E-state index in [1.165, 1.54) is 6.08 Å². The quantitative estimate of drug-likeness (QED) is 0.400. The van der Waals surface area contributed by atoms with Crippen LogP contribution in [0, 0.1) is 23.7 Å². The lowest BCUT2D eigenvalue weighted by Gasteiger charge is -2.20. The molecule has 1 aliphatic rings. The number of rotatable bonds is 12. The Morgan fingerprint density at radius 2 is 1.88 bits per heavy atom. The molecule has 2 rings (SSSR count). The molecule has 0 bridgehead atoms. The molecular formula is C25H34F2O5. The van der Waals surface area contributed by atoms with Gasteiger partial charge in [0.1, 0.15) is 5.75 Å². The molecule has 1 saturated carbocycles. The van der Waals surface area contributed by atoms with Crippen molar-refractivity contribution in [2.45, 2.75) is 57.7 Å². The van der Waals surface area contributed by atoms with E-state index < -0.39 is 42.5 Å². The van der Waals surface area contributed by atoms with Crippen LogP contribution < -0.4 is 4.74 Å². The molecule has 0 spiro atoms. The highest BCUT2D eigenvalue weighted by atomic mass is 19.3. The number of allylic oxidation sites excluding steroid dienone is 2. The van der Waals surface area contributed by atoms with Gasteiger partial charge in [-0.15, -0.1) is 0 Å². The molecule has 1 unspecified atom stereocenters. The Bertz CT molecular complexity index is 763. The molecule has 0 amide bonds. The van der Waals surface area contributed by atoms with Crippen LogP contribution in [0.15, 0.2) is 54.6 Å². The van der Waals surface area contributed by atoms with E-state index in [9.17, 15) is 28.9 Å². The predicted octanol–water partition coefficient (Wildman–Crippen LogP) is 4.70. The number of carboxylic acid groups (broad SMARTS) is 1. The summed E-state index contributed by atoms with van der Waals surface area (Å²) in [7, 11) is 0. The Kier molecular flexibility index (Phi) is 9.84. The number of halogens is 2. The van der Waals surface area contributed by atoms with Crippen LogP contribution in [0.1, 0.15) is 39.5 Å². The van der Waals surface area contributed by atoms with Crippen molar-refractivity contribution in [2.24, 2.45) is 23.7 Å². The van der Waals surface area contributed by atoms with Crippen molar-refractivity contribution in [1.82, 2.24) is 0 Å². The van der Waals surface area contributed by atoms with Crippen LogP contribution in [0.2, 0.25) is 0 Å². The zero-order valence-corrected chi connectivity index (χ0v) is 18.6. The summed E-state index contributed by atoms with van der Waals surface area (Å²) in [5, 5.41) is 29.8. The van der Waals surface area contributed by atoms with Gasteiger partial charge in [-0.05, 0) is 49.3 Å². The maximum atomic E-state index is 14.3. The molecule has 32 heavy (non-hydrogen) atoms. The molecule has 7 heteroatoms. The standard InChI is InChI=1S/C25H34F2O5/c1-17(2)19(24(30)31)11-7-4-8-12-20-21(23(29)15-22(20)28)13-14-25(26,27)16-32-18-9-5-3-6-10-18/h3-6,8-10,13-14,17,19-23,28-29H,7,11-12,15-16H2,1-2H3,(H,30,31)/t19?,20-,21-,22+,23-/m1/s1. The van der Waals surface area contributed by atoms with Crippen molar-refractivity contribution in [3.8, 4) is 5.75 Å². The minimum absolute atomic E-state index is 0.0368. The molecule has 1 fully saturated rings. The number of carboxylic acids is 1. The summed E-state index contributed by atoms with van der Waals surface area (Å²) in [5.41, 5.74) is 0. The van der Waals surface area contributed by atoms with E-state index in [2.05, 4.69) is 0 Å². The van der Waals surface area contributed by atoms with Crippen LogP contribution in [-0.4, -0.2) is 46.0 Å². The van der Waals surface area contributed by atoms with Crippen molar-refractivity contribution in [2.75, 3.05) is 6.61 Å². The second kappa shape index (κ2) is 12.1. The lowest BCUT2D eigenvalue weighted by molar-refractivity contribution is -0.143. The summed E-state index contributed by atoms with van der Waals surface area (Å²) in [6.07, 6.45) is 5.68. The Hall–Kier alpha value is -2.25. The Labute approximate surface area is 188 Å². The van der Waals surface area contributed by atoms with Gasteiger partial charge in [0.25, 0.3) is 5.92 Å². The van der Waals surface area contributed by atoms with E-state index in [0.29, 0.717) is 25.0 Å². The van der Waals surface area contributed by atoms with Crippen LogP contribution in [0.3, 0.4) is 0 Å². The van der Waals surface area contributed by atoms with Crippen LogP contribution in [-0.2, 0) is 4.79 Å². The average molecular weight is 453 g/mol. The Morgan fingerprint density at radius 1 is 1.19 bits per heavy atom. The minimum atomic E-state index is -3.22. The fourth-order valence-corrected chi connectivity index (χ4v) is 4.09. The van der Waals surface area contributed by atoms with Crippen LogP contribution in [0.5, 0.6) is 5.75 Å². The van der Waals surface area contributed by atoms with E-state index >= 15 is 0 Å². The first kappa shape index (κ1) is 26.0. The van der Waals surface area contributed by atoms with Gasteiger partial charge in [-0.2, -0.15) is 8.78 Å². The number of ether oxygens (including phenoxy) is 1. The molecule has 0 radical (unpaired) electrons. The number of para-hydroxylation sites is 1. The molecule has 0 aliphatic heterocycles. The highest BCUT2D eigenvalue weighted by Crippen LogP contribution is 2.37. The van der Waals surface area contributed by atoms with E-state index in [0.717, 1.165) is 6.08 Å². The summed E-state index contributed by atoms with van der Waals surface area (Å²) in [5.74, 6) is -5.05. The third-order valence-corrected chi connectivity index (χ3v) is 5.99. The maximum absolute atomic E-state index is 14.3. The summed E-state index contributed by atoms with van der Waals surface area (Å²) in [6.45, 7) is 2.93. The lowest BCUT2D eigenvalue weighted by atomic mass is 9.89. The average Bonchev–Trinajstić information content (AvgIpc) is 3.00. The number of hydrogen-bond donors (Lipinski definition) is 3. The molecule has 1 aliphatic carbocycles. The maximum Gasteiger partial charge on any atom is 0.306 e. The number of aliphatic hydroxyl groups is 2. The smallest absolute Gasteiger partial charge is 0.306 e. The van der Waals surface area contributed by atoms with Crippen molar-refractivity contribution in [3.63, 3.8) is 0 Å². The Balaban J connectivity index is 1.91. The first-order valence-electron chi connectivity index (χ1n) is 11.1. The second-order valence-electron chi connectivity index (χ2n) is 8.81. The van der Waals surface area contributed by atoms with Crippen molar-refractivity contribution < 1.29 is 33.6 Å². The lowest BCUT2D eigenvalue weighted by Crippen LogP contribution is -2.25. The van der Waals surface area contributed by atoms with Gasteiger partial charge in [-0.25, -0.2) is 0 Å². The summed E-state index contributed by atoms with van der Waals surface area (Å²) >= 11 is 0. The summed E-state index contributed by atoms with van der Waals surface area (Å²) in [4.78, 5) is 11.3. The minimum Gasteiger partial charge on any atom is -0.487 e. The van der Waals surface area contributed by atoms with Crippen LogP contribution in [0.4, 0.5) is 8.78 Å². The fourth-order valence-electron chi connectivity index (χ4n) is 4.09. The highest BCUT2D eigenvalue weighted by molar-refractivity contribution is 5.70. The molecule has 1 aromatic carbocycles. The molecule has 0 heterocycles. The molecule has 5 atom stereocenters. The molecule has 0 aromatic heterocycles. The van der Waals surface area contributed by atoms with E-state index in [1.54, 1.807) is 30.3 Å². The number of benzene rings is 1. The number of alkyl halides is 2. The molecule has 1 aromatic rings. The fraction of sp³-hybridized carbons (Fsp3) is 0.560. The van der Waals surface area contributed by atoms with E-state index in [1.807, 2.05) is 26.0 Å². The van der Waals surface area contributed by atoms with Gasteiger partial charge in [0.05, 0.1) is 18.1 Å². The molecule has 178 valence electrons. The second-order valence-corrected chi connectivity index (χ2v) is 8.81. The summed E-state index contributed by atoms with van der Waals surface area (Å²) < 4.78 is 33.6. The van der Waals surface area contributed by atoms with Gasteiger partial charge in [0, 0.05) is 12.3 Å². The van der Waals surface area contributed by atoms with Gasteiger partial charge in [0.2, 0.25) is 0 Å². The van der Waals surface area contributed by atoms with E-state index in [4.69, 9.17) is 4.74 Å². The van der Waals surface area contributed by atoms with Crippen molar-refractivity contribution >= 4 is 5.97 Å². The largest absolute Gasteiger partial charge is 0.487 e. The third kappa shape index (κ3) is 8.02. The first-order chi connectivity index (χ1) is 15.1. The zero-order chi connectivity index (χ0) is 23.7. The van der Waals surface area contributed by atoms with Crippen molar-refractivity contribution in [1.29, 1.82) is 0 Å². The van der Waals surface area contributed by atoms with Crippen LogP contribution in [0.25, 0.3) is 0 Å². The molecule has 0 saturated heterocycles. The molecular weight excluding hydrogens is 418 g/mol. The summed E-state index contributed by atoms with van der Waals surface area (Å²) in [6, 6.07) is 8.35. The number of carbonyl (C=O) groups is 1. The monoisotopic (exact) mass is 452 g/mol. The van der Waals surface area contributed by atoms with Gasteiger partial charge in [-0.1, -0.05) is 50.3 Å². The van der Waals surface area contributed by atoms with Gasteiger partial charge >= 0.3 is 5.97 Å². The van der Waals surface area contributed by atoms with E-state index in [-0.39, 0.29) is 18.3 Å². The van der Waals surface area contributed by atoms with Gasteiger partial charge < -0.3 is 20.1 Å². The van der Waals surface area contributed by atoms with Crippen LogP contribution >= 0.6 is 0 Å². The third-order valence-electron chi connectivity index (χ3n) is 5.99. The predicted molar refractivity (Wildman–Crippen MR) is 119 cm³/mol. The number of aliphatic carboxylic acids is 1. The topological polar surface area (TPSA) is 87.0 Å². The normalized spacial score (nSPS) is 25.1. The SMILES string of the molecule is CC(C)C(CCC=CC[C@@H]1[C@@H](C=CC(F)(F)COc2ccccc2)[C@H](O)C[C@@H]1O)C(=O)O. The van der Waals surface area contributed by atoms with Gasteiger partial charge in [0.15, 0.2) is 6.61 Å². The molecule has 3 N–H and O–H groups in total. The number of aliphatic hydroxyl groups excluding tert-OH is 2. The Morgan fingerprint density at radius 3 is 2.50 bits per heavy atom. The molecule has 5 nitrogen and oxygen atoms in total. The highest BCUT2D eigenvalue weighted by Gasteiger charge is 2.40. The van der Waals surface area contributed by atoms with Crippen molar-refractivity contribution in [3.05, 3.63) is 54.6 Å². The first-order valence-corrected chi connectivity index (χ1v) is 11.1. The van der Waals surface area contributed by atoms with Gasteiger partial charge in [-0.3, -0.25) is 4.79 Å².